The van der Waals surface area contributed by atoms with Crippen molar-refractivity contribution in [1.29, 1.82) is 0 Å². The van der Waals surface area contributed by atoms with Gasteiger partial charge in [0.25, 0.3) is 0 Å². The van der Waals surface area contributed by atoms with Crippen LogP contribution in [-0.2, 0) is 13.1 Å². The number of nitrogens with one attached hydrogen (secondary N) is 2. The maximum atomic E-state index is 5.37. The van der Waals surface area contributed by atoms with Gasteiger partial charge in [-0.2, -0.15) is 0 Å². The molecule has 0 saturated heterocycles. The van der Waals surface area contributed by atoms with E-state index in [9.17, 15) is 0 Å². The summed E-state index contributed by atoms with van der Waals surface area (Å²) in [5, 5.41) is 6.70. The molecule has 0 spiro atoms. The Morgan fingerprint density at radius 1 is 0.933 bits per heavy atom. The van der Waals surface area contributed by atoms with Crippen LogP contribution in [0.25, 0.3) is 0 Å². The third-order valence-corrected chi connectivity index (χ3v) is 4.79. The van der Waals surface area contributed by atoms with Crippen LogP contribution in [0.1, 0.15) is 18.1 Å². The first-order valence-corrected chi connectivity index (χ1v) is 9.95. The van der Waals surface area contributed by atoms with Crippen LogP contribution in [0.15, 0.2) is 59.6 Å². The largest absolute Gasteiger partial charge is 0.493 e. The Balaban J connectivity index is 0.00000320. The molecule has 30 heavy (non-hydrogen) atoms. The number of benzene rings is 2. The van der Waals surface area contributed by atoms with Crippen molar-refractivity contribution in [1.82, 2.24) is 10.6 Å². The third-order valence-electron chi connectivity index (χ3n) is 4.79. The van der Waals surface area contributed by atoms with E-state index in [0.29, 0.717) is 12.3 Å². The molecular weight excluding hydrogens is 491 g/mol. The van der Waals surface area contributed by atoms with Crippen LogP contribution in [0.5, 0.6) is 11.5 Å². The van der Waals surface area contributed by atoms with E-state index in [-0.39, 0.29) is 24.0 Å². The van der Waals surface area contributed by atoms with Crippen LogP contribution in [-0.4, -0.2) is 39.8 Å². The lowest BCUT2D eigenvalue weighted by Crippen LogP contribution is -2.36. The van der Waals surface area contributed by atoms with Gasteiger partial charge in [-0.3, -0.25) is 0 Å². The predicted molar refractivity (Wildman–Crippen MR) is 134 cm³/mol. The Morgan fingerprint density at radius 2 is 1.60 bits per heavy atom. The SMILES string of the molecule is CCNC(=NCc1ccc(OC)c(OC)c1)NCc1ccc(N2CC=CC2)cc1.I. The highest BCUT2D eigenvalue weighted by Crippen LogP contribution is 2.27. The number of guanidine groups is 1. The van der Waals surface area contributed by atoms with Crippen LogP contribution in [0.3, 0.4) is 0 Å². The quantitative estimate of drug-likeness (QED) is 0.238. The van der Waals surface area contributed by atoms with Crippen LogP contribution in [0.4, 0.5) is 5.69 Å². The summed E-state index contributed by atoms with van der Waals surface area (Å²) in [6.07, 6.45) is 4.40. The summed E-state index contributed by atoms with van der Waals surface area (Å²) >= 11 is 0. The first-order chi connectivity index (χ1) is 14.2. The van der Waals surface area contributed by atoms with Crippen molar-refractivity contribution < 1.29 is 9.47 Å². The third kappa shape index (κ3) is 6.55. The molecule has 7 heteroatoms. The molecule has 2 N–H and O–H groups in total. The molecule has 6 nitrogen and oxygen atoms in total. The van der Waals surface area contributed by atoms with Gasteiger partial charge in [-0.25, -0.2) is 4.99 Å². The lowest BCUT2D eigenvalue weighted by Gasteiger charge is -2.18. The van der Waals surface area contributed by atoms with Gasteiger partial charge >= 0.3 is 0 Å². The van der Waals surface area contributed by atoms with E-state index in [2.05, 4.69) is 58.9 Å². The molecule has 162 valence electrons. The molecule has 0 bridgehead atoms. The molecule has 0 unspecified atom stereocenters. The molecule has 1 aliphatic heterocycles. The summed E-state index contributed by atoms with van der Waals surface area (Å²) < 4.78 is 10.7. The van der Waals surface area contributed by atoms with Gasteiger partial charge in [-0.05, 0) is 42.3 Å². The molecule has 0 radical (unpaired) electrons. The van der Waals surface area contributed by atoms with Crippen molar-refractivity contribution in [2.45, 2.75) is 20.0 Å². The number of nitrogens with zero attached hydrogens (tertiary/aromatic N) is 2. The minimum absolute atomic E-state index is 0. The second kappa shape index (κ2) is 12.3. The van der Waals surface area contributed by atoms with Crippen LogP contribution < -0.4 is 25.0 Å². The fraction of sp³-hybridized carbons (Fsp3) is 0.348. The van der Waals surface area contributed by atoms with E-state index >= 15 is 0 Å². The van der Waals surface area contributed by atoms with Crippen LogP contribution in [0, 0.1) is 0 Å². The molecule has 2 aromatic rings. The van der Waals surface area contributed by atoms with Crippen molar-refractivity contribution >= 4 is 35.6 Å². The van der Waals surface area contributed by atoms with E-state index in [1.54, 1.807) is 14.2 Å². The van der Waals surface area contributed by atoms with Gasteiger partial charge in [-0.1, -0.05) is 30.4 Å². The molecule has 0 aliphatic carbocycles. The van der Waals surface area contributed by atoms with Crippen molar-refractivity contribution in [2.24, 2.45) is 4.99 Å². The zero-order valence-corrected chi connectivity index (χ0v) is 20.2. The summed E-state index contributed by atoms with van der Waals surface area (Å²) in [4.78, 5) is 7.03. The van der Waals surface area contributed by atoms with Gasteiger partial charge < -0.3 is 25.0 Å². The monoisotopic (exact) mass is 522 g/mol. The van der Waals surface area contributed by atoms with Gasteiger partial charge in [0, 0.05) is 31.9 Å². The maximum absolute atomic E-state index is 5.37. The number of hydrogen-bond donors (Lipinski definition) is 2. The second-order valence-corrected chi connectivity index (χ2v) is 6.78. The predicted octanol–water partition coefficient (Wildman–Crippen LogP) is 3.95. The summed E-state index contributed by atoms with van der Waals surface area (Å²) in [6.45, 7) is 6.12. The lowest BCUT2D eigenvalue weighted by molar-refractivity contribution is 0.354. The Bertz CT molecular complexity index is 845. The normalized spacial score (nSPS) is 13.0. The van der Waals surface area contributed by atoms with Crippen LogP contribution in [0.2, 0.25) is 0 Å². The number of aliphatic imine (C=N–C) groups is 1. The van der Waals surface area contributed by atoms with E-state index in [4.69, 9.17) is 14.5 Å². The molecule has 0 fully saturated rings. The lowest BCUT2D eigenvalue weighted by atomic mass is 10.2. The molecular formula is C23H31IN4O2. The zero-order chi connectivity index (χ0) is 20.5. The Labute approximate surface area is 196 Å². The molecule has 0 amide bonds. The van der Waals surface area contributed by atoms with Gasteiger partial charge in [-0.15, -0.1) is 24.0 Å². The number of methoxy groups -OCH3 is 2. The summed E-state index contributed by atoms with van der Waals surface area (Å²) in [5.74, 6) is 2.22. The molecule has 0 saturated carbocycles. The fourth-order valence-electron chi connectivity index (χ4n) is 3.19. The summed E-state index contributed by atoms with van der Waals surface area (Å²) in [7, 11) is 3.28. The summed E-state index contributed by atoms with van der Waals surface area (Å²) in [5.41, 5.74) is 3.54. The molecule has 1 aliphatic rings. The molecule has 1 heterocycles. The molecule has 0 atom stereocenters. The van der Waals surface area contributed by atoms with E-state index in [1.165, 1.54) is 11.3 Å². The highest BCUT2D eigenvalue weighted by molar-refractivity contribution is 14.0. The standard InChI is InChI=1S/C23H30N4O2.HI/c1-4-24-23(26-17-19-9-12-21(28-2)22(15-19)29-3)25-16-18-7-10-20(11-8-18)27-13-5-6-14-27;/h5-12,15H,4,13-14,16-17H2,1-3H3,(H2,24,25,26);1H. The topological polar surface area (TPSA) is 58.1 Å². The minimum atomic E-state index is 0. The Morgan fingerprint density at radius 3 is 2.23 bits per heavy atom. The van der Waals surface area contributed by atoms with Gasteiger partial charge in [0.2, 0.25) is 0 Å². The number of halogens is 1. The van der Waals surface area contributed by atoms with Crippen LogP contribution >= 0.6 is 24.0 Å². The smallest absolute Gasteiger partial charge is 0.191 e. The molecule has 3 rings (SSSR count). The van der Waals surface area contributed by atoms with E-state index in [0.717, 1.165) is 43.5 Å². The maximum Gasteiger partial charge on any atom is 0.191 e. The highest BCUT2D eigenvalue weighted by atomic mass is 127. The van der Waals surface area contributed by atoms with Crippen molar-refractivity contribution in [3.8, 4) is 11.5 Å². The first kappa shape index (κ1) is 23.9. The number of ether oxygens (including phenoxy) is 2. The zero-order valence-electron chi connectivity index (χ0n) is 17.9. The Hall–Kier alpha value is -2.42. The van der Waals surface area contributed by atoms with Gasteiger partial charge in [0.05, 0.1) is 20.8 Å². The van der Waals surface area contributed by atoms with E-state index in [1.807, 2.05) is 18.2 Å². The van der Waals surface area contributed by atoms with Gasteiger partial charge in [0.1, 0.15) is 0 Å². The Kier molecular flexibility index (Phi) is 9.79. The van der Waals surface area contributed by atoms with Crippen molar-refractivity contribution in [3.63, 3.8) is 0 Å². The van der Waals surface area contributed by atoms with Crippen molar-refractivity contribution in [3.05, 3.63) is 65.7 Å². The number of hydrogen-bond acceptors (Lipinski definition) is 4. The minimum Gasteiger partial charge on any atom is -0.493 e. The second-order valence-electron chi connectivity index (χ2n) is 6.78. The van der Waals surface area contributed by atoms with E-state index < -0.39 is 0 Å². The molecule has 0 aromatic heterocycles. The first-order valence-electron chi connectivity index (χ1n) is 9.95. The highest BCUT2D eigenvalue weighted by Gasteiger charge is 2.08. The average Bonchev–Trinajstić information content (AvgIpc) is 3.30. The fourth-order valence-corrected chi connectivity index (χ4v) is 3.19. The van der Waals surface area contributed by atoms with Gasteiger partial charge in [0.15, 0.2) is 17.5 Å². The molecule has 2 aromatic carbocycles. The number of anilines is 1. The number of rotatable bonds is 8. The average molecular weight is 522 g/mol. The van der Waals surface area contributed by atoms with Crippen molar-refractivity contribution in [2.75, 3.05) is 38.8 Å². The summed E-state index contributed by atoms with van der Waals surface area (Å²) in [6, 6.07) is 14.5.